The van der Waals surface area contributed by atoms with Crippen LogP contribution in [0.1, 0.15) is 193 Å². The highest BCUT2D eigenvalue weighted by Gasteiger charge is 2.15. The molecule has 0 aliphatic heterocycles. The van der Waals surface area contributed by atoms with Crippen molar-refractivity contribution in [1.82, 2.24) is 9.55 Å². The standard InChI is InChI=1S/C32H62N2/c1-5-7-9-11-13-14-15-16-17-18-19-21-23-25-27-31(4)34-29-28-33-32(34)30(3)26-24-22-20-12-10-8-6-2/h28-31H,5-27H2,1-4H3. The maximum Gasteiger partial charge on any atom is 0.111 e. The minimum Gasteiger partial charge on any atom is -0.332 e. The van der Waals surface area contributed by atoms with Crippen LogP contribution >= 0.6 is 0 Å². The number of hydrogen-bond acceptors (Lipinski definition) is 1. The highest BCUT2D eigenvalue weighted by atomic mass is 15.1. The molecule has 0 aromatic carbocycles. The van der Waals surface area contributed by atoms with E-state index in [0.29, 0.717) is 12.0 Å². The van der Waals surface area contributed by atoms with E-state index in [1.165, 1.54) is 154 Å². The fraction of sp³-hybridized carbons (Fsp3) is 0.906. The first-order chi connectivity index (χ1) is 16.7. The Bertz CT molecular complexity index is 535. The second kappa shape index (κ2) is 22.7. The first-order valence-corrected chi connectivity index (χ1v) is 15.7. The molecule has 1 heterocycles. The van der Waals surface area contributed by atoms with Gasteiger partial charge in [-0.25, -0.2) is 4.98 Å². The van der Waals surface area contributed by atoms with Gasteiger partial charge in [0, 0.05) is 24.4 Å². The second-order valence-electron chi connectivity index (χ2n) is 11.2. The van der Waals surface area contributed by atoms with E-state index >= 15 is 0 Å². The quantitative estimate of drug-likeness (QED) is 0.129. The van der Waals surface area contributed by atoms with Gasteiger partial charge in [-0.2, -0.15) is 0 Å². The Kier molecular flexibility index (Phi) is 20.8. The lowest BCUT2D eigenvalue weighted by atomic mass is 10.00. The Balaban J connectivity index is 2.04. The molecule has 1 aromatic rings. The van der Waals surface area contributed by atoms with Gasteiger partial charge in [0.25, 0.3) is 0 Å². The molecule has 0 fully saturated rings. The van der Waals surface area contributed by atoms with E-state index in [4.69, 9.17) is 4.98 Å². The van der Waals surface area contributed by atoms with Crippen LogP contribution in [0.2, 0.25) is 0 Å². The molecule has 2 atom stereocenters. The lowest BCUT2D eigenvalue weighted by Crippen LogP contribution is -2.11. The van der Waals surface area contributed by atoms with Crippen molar-refractivity contribution in [3.05, 3.63) is 18.2 Å². The summed E-state index contributed by atoms with van der Waals surface area (Å²) in [4.78, 5) is 4.76. The van der Waals surface area contributed by atoms with Crippen molar-refractivity contribution >= 4 is 0 Å². The number of imidazole rings is 1. The Morgan fingerprint density at radius 2 is 0.941 bits per heavy atom. The Hall–Kier alpha value is -0.790. The average molecular weight is 475 g/mol. The van der Waals surface area contributed by atoms with Crippen LogP contribution in [0.4, 0.5) is 0 Å². The summed E-state index contributed by atoms with van der Waals surface area (Å²) in [6, 6.07) is 0.589. The second-order valence-corrected chi connectivity index (χ2v) is 11.2. The molecule has 0 N–H and O–H groups in total. The maximum atomic E-state index is 4.76. The highest BCUT2D eigenvalue weighted by Crippen LogP contribution is 2.26. The van der Waals surface area contributed by atoms with E-state index in [9.17, 15) is 0 Å². The van der Waals surface area contributed by atoms with Crippen molar-refractivity contribution in [2.24, 2.45) is 0 Å². The lowest BCUT2D eigenvalue weighted by molar-refractivity contribution is 0.435. The summed E-state index contributed by atoms with van der Waals surface area (Å²) in [6.07, 6.45) is 36.7. The molecule has 1 aromatic heterocycles. The third-order valence-electron chi connectivity index (χ3n) is 7.83. The number of nitrogens with zero attached hydrogens (tertiary/aromatic N) is 2. The largest absolute Gasteiger partial charge is 0.332 e. The minimum absolute atomic E-state index is 0.587. The van der Waals surface area contributed by atoms with Gasteiger partial charge in [0.2, 0.25) is 0 Å². The van der Waals surface area contributed by atoms with Crippen molar-refractivity contribution in [1.29, 1.82) is 0 Å². The first kappa shape index (κ1) is 31.2. The summed E-state index contributed by atoms with van der Waals surface area (Å²) in [5.41, 5.74) is 0. The molecular weight excluding hydrogens is 412 g/mol. The third kappa shape index (κ3) is 16.0. The van der Waals surface area contributed by atoms with Gasteiger partial charge in [-0.1, -0.05) is 156 Å². The molecule has 0 radical (unpaired) electrons. The summed E-state index contributed by atoms with van der Waals surface area (Å²) < 4.78 is 2.48. The van der Waals surface area contributed by atoms with Gasteiger partial charge < -0.3 is 4.57 Å². The lowest BCUT2D eigenvalue weighted by Gasteiger charge is -2.20. The van der Waals surface area contributed by atoms with Crippen LogP contribution < -0.4 is 0 Å². The summed E-state index contributed by atoms with van der Waals surface area (Å²) >= 11 is 0. The molecule has 2 heteroatoms. The van der Waals surface area contributed by atoms with Crippen LogP contribution in [0.25, 0.3) is 0 Å². The number of hydrogen-bond donors (Lipinski definition) is 0. The predicted molar refractivity (Wildman–Crippen MR) is 153 cm³/mol. The van der Waals surface area contributed by atoms with E-state index in [2.05, 4.69) is 38.5 Å². The van der Waals surface area contributed by atoms with E-state index in [1.54, 1.807) is 0 Å². The molecule has 0 saturated heterocycles. The van der Waals surface area contributed by atoms with Crippen LogP contribution in [-0.4, -0.2) is 9.55 Å². The summed E-state index contributed by atoms with van der Waals surface area (Å²) in [6.45, 7) is 9.38. The number of unbranched alkanes of at least 4 members (excludes halogenated alkanes) is 19. The summed E-state index contributed by atoms with van der Waals surface area (Å²) in [7, 11) is 0. The molecule has 0 saturated carbocycles. The smallest absolute Gasteiger partial charge is 0.111 e. The van der Waals surface area contributed by atoms with Crippen molar-refractivity contribution in [2.75, 3.05) is 0 Å². The molecule has 2 nitrogen and oxygen atoms in total. The van der Waals surface area contributed by atoms with Crippen LogP contribution in [0.3, 0.4) is 0 Å². The predicted octanol–water partition coefficient (Wildman–Crippen LogP) is 11.6. The zero-order chi connectivity index (χ0) is 24.7. The van der Waals surface area contributed by atoms with Gasteiger partial charge in [0.15, 0.2) is 0 Å². The van der Waals surface area contributed by atoms with Crippen LogP contribution in [0.5, 0.6) is 0 Å². The van der Waals surface area contributed by atoms with E-state index in [0.717, 1.165) is 0 Å². The third-order valence-corrected chi connectivity index (χ3v) is 7.83. The highest BCUT2D eigenvalue weighted by molar-refractivity contribution is 5.00. The Morgan fingerprint density at radius 1 is 0.559 bits per heavy atom. The molecular formula is C32H62N2. The topological polar surface area (TPSA) is 17.8 Å². The monoisotopic (exact) mass is 474 g/mol. The van der Waals surface area contributed by atoms with Gasteiger partial charge in [0.1, 0.15) is 5.82 Å². The van der Waals surface area contributed by atoms with Crippen LogP contribution in [0, 0.1) is 0 Å². The van der Waals surface area contributed by atoms with Gasteiger partial charge in [-0.3, -0.25) is 0 Å². The minimum atomic E-state index is 0.587. The molecule has 0 amide bonds. The van der Waals surface area contributed by atoms with Crippen LogP contribution in [-0.2, 0) is 0 Å². The summed E-state index contributed by atoms with van der Waals surface area (Å²) in [5, 5.41) is 0. The Morgan fingerprint density at radius 3 is 1.38 bits per heavy atom. The Labute approximate surface area is 215 Å². The molecule has 0 bridgehead atoms. The molecule has 34 heavy (non-hydrogen) atoms. The van der Waals surface area contributed by atoms with Crippen molar-refractivity contribution in [3.8, 4) is 0 Å². The number of aromatic nitrogens is 2. The number of rotatable bonds is 25. The molecule has 200 valence electrons. The van der Waals surface area contributed by atoms with E-state index in [1.807, 2.05) is 6.20 Å². The molecule has 0 aliphatic rings. The van der Waals surface area contributed by atoms with Gasteiger partial charge >= 0.3 is 0 Å². The summed E-state index contributed by atoms with van der Waals surface area (Å²) in [5.74, 6) is 1.91. The zero-order valence-corrected chi connectivity index (χ0v) is 24.0. The van der Waals surface area contributed by atoms with E-state index in [-0.39, 0.29) is 0 Å². The fourth-order valence-electron chi connectivity index (χ4n) is 5.39. The van der Waals surface area contributed by atoms with Crippen molar-refractivity contribution < 1.29 is 0 Å². The van der Waals surface area contributed by atoms with E-state index < -0.39 is 0 Å². The molecule has 2 unspecified atom stereocenters. The average Bonchev–Trinajstić information content (AvgIpc) is 3.34. The van der Waals surface area contributed by atoms with Gasteiger partial charge in [-0.15, -0.1) is 0 Å². The fourth-order valence-corrected chi connectivity index (χ4v) is 5.39. The molecule has 1 rings (SSSR count). The molecule has 0 spiro atoms. The normalized spacial score (nSPS) is 13.4. The molecule has 0 aliphatic carbocycles. The van der Waals surface area contributed by atoms with Crippen molar-refractivity contribution in [2.45, 2.75) is 187 Å². The first-order valence-electron chi connectivity index (χ1n) is 15.7. The van der Waals surface area contributed by atoms with Crippen LogP contribution in [0.15, 0.2) is 12.4 Å². The van der Waals surface area contributed by atoms with Gasteiger partial charge in [-0.05, 0) is 19.8 Å². The van der Waals surface area contributed by atoms with Crippen molar-refractivity contribution in [3.63, 3.8) is 0 Å². The SMILES string of the molecule is CCCCCCCCCCCCCCCCC(C)n1ccnc1C(C)CCCCCCCCC. The zero-order valence-electron chi connectivity index (χ0n) is 24.0. The maximum absolute atomic E-state index is 4.76. The van der Waals surface area contributed by atoms with Gasteiger partial charge in [0.05, 0.1) is 0 Å².